The molecule has 0 aromatic carbocycles. The zero-order chi connectivity index (χ0) is 8.23. The van der Waals surface area contributed by atoms with Crippen LogP contribution in [0.1, 0.15) is 25.7 Å². The fourth-order valence-electron chi connectivity index (χ4n) is 2.85. The normalized spacial score (nSPS) is 57.2. The molecule has 68 valence electrons. The van der Waals surface area contributed by atoms with Crippen LogP contribution in [0.4, 0.5) is 0 Å². The summed E-state index contributed by atoms with van der Waals surface area (Å²) in [5.41, 5.74) is 6.21. The fourth-order valence-corrected chi connectivity index (χ4v) is 2.85. The topological polar surface area (TPSA) is 47.8 Å². The van der Waals surface area contributed by atoms with Gasteiger partial charge in [0.15, 0.2) is 0 Å². The Kier molecular flexibility index (Phi) is 1.23. The summed E-state index contributed by atoms with van der Waals surface area (Å²) >= 11 is 0. The Morgan fingerprint density at radius 1 is 1.33 bits per heavy atom. The van der Waals surface area contributed by atoms with Crippen LogP contribution in [-0.2, 0) is 9.47 Å². The van der Waals surface area contributed by atoms with Gasteiger partial charge in [-0.3, -0.25) is 0 Å². The molecule has 3 fully saturated rings. The van der Waals surface area contributed by atoms with Gasteiger partial charge in [0.2, 0.25) is 0 Å². The van der Waals surface area contributed by atoms with E-state index in [2.05, 4.69) is 0 Å². The lowest BCUT2D eigenvalue weighted by atomic mass is 9.70. The summed E-state index contributed by atoms with van der Waals surface area (Å²) in [4.78, 5) is 0. The minimum absolute atomic E-state index is 0.0613. The lowest BCUT2D eigenvalue weighted by Crippen LogP contribution is -2.61. The number of hydrogen-bond donors (Lipinski definition) is 1. The van der Waals surface area contributed by atoms with Crippen LogP contribution in [0.3, 0.4) is 0 Å². The minimum atomic E-state index is -0.0660. The van der Waals surface area contributed by atoms with E-state index >= 15 is 0 Å². The molecular weight excluding hydrogens is 154 g/mol. The van der Waals surface area contributed by atoms with Crippen molar-refractivity contribution in [3.63, 3.8) is 0 Å². The highest BCUT2D eigenvalue weighted by Gasteiger charge is 2.69. The molecule has 3 aliphatic rings. The molecule has 3 rings (SSSR count). The summed E-state index contributed by atoms with van der Waals surface area (Å²) in [6.45, 7) is 1.54. The molecule has 3 unspecified atom stereocenters. The maximum atomic E-state index is 6.34. The van der Waals surface area contributed by atoms with Gasteiger partial charge in [-0.05, 0) is 25.7 Å². The molecule has 2 saturated heterocycles. The van der Waals surface area contributed by atoms with Gasteiger partial charge >= 0.3 is 0 Å². The molecule has 1 spiro atoms. The Labute approximate surface area is 72.2 Å². The summed E-state index contributed by atoms with van der Waals surface area (Å²) in [7, 11) is 0. The third-order valence-electron chi connectivity index (χ3n) is 3.76. The second-order valence-corrected chi connectivity index (χ2v) is 4.35. The van der Waals surface area contributed by atoms with E-state index in [1.165, 1.54) is 12.8 Å². The summed E-state index contributed by atoms with van der Waals surface area (Å²) in [5, 5.41) is 0. The number of epoxide rings is 1. The van der Waals surface area contributed by atoms with Crippen LogP contribution in [0.2, 0.25) is 0 Å². The number of rotatable bonds is 0. The van der Waals surface area contributed by atoms with Gasteiger partial charge in [0.1, 0.15) is 5.60 Å². The molecule has 2 heterocycles. The summed E-state index contributed by atoms with van der Waals surface area (Å²) in [5.74, 6) is 0. The number of ether oxygens (including phenoxy) is 2. The molecule has 1 saturated carbocycles. The lowest BCUT2D eigenvalue weighted by molar-refractivity contribution is -0.0245. The predicted octanol–water partition coefficient (Wildman–Crippen LogP) is 0.426. The van der Waals surface area contributed by atoms with Gasteiger partial charge < -0.3 is 15.2 Å². The van der Waals surface area contributed by atoms with E-state index in [4.69, 9.17) is 15.2 Å². The SMILES string of the molecule is NC12CCCC3OC31COCC2. The molecule has 3 atom stereocenters. The van der Waals surface area contributed by atoms with Crippen LogP contribution in [0, 0.1) is 0 Å². The van der Waals surface area contributed by atoms with Gasteiger partial charge in [-0.1, -0.05) is 0 Å². The van der Waals surface area contributed by atoms with Crippen molar-refractivity contribution in [3.8, 4) is 0 Å². The smallest absolute Gasteiger partial charge is 0.136 e. The summed E-state index contributed by atoms with van der Waals surface area (Å²) < 4.78 is 11.2. The van der Waals surface area contributed by atoms with Gasteiger partial charge in [0.05, 0.1) is 18.2 Å². The van der Waals surface area contributed by atoms with E-state index in [1.54, 1.807) is 0 Å². The van der Waals surface area contributed by atoms with Gasteiger partial charge in [-0.15, -0.1) is 0 Å². The van der Waals surface area contributed by atoms with E-state index < -0.39 is 0 Å². The van der Waals surface area contributed by atoms with Crippen molar-refractivity contribution in [2.75, 3.05) is 13.2 Å². The first-order chi connectivity index (χ1) is 5.77. The Morgan fingerprint density at radius 3 is 3.08 bits per heavy atom. The molecule has 0 bridgehead atoms. The first kappa shape index (κ1) is 7.30. The van der Waals surface area contributed by atoms with Crippen molar-refractivity contribution >= 4 is 0 Å². The highest BCUT2D eigenvalue weighted by molar-refractivity contribution is 5.21. The average molecular weight is 169 g/mol. The second-order valence-electron chi connectivity index (χ2n) is 4.35. The Balaban J connectivity index is 1.93. The van der Waals surface area contributed by atoms with Crippen molar-refractivity contribution < 1.29 is 9.47 Å². The Bertz CT molecular complexity index is 210. The fraction of sp³-hybridized carbons (Fsp3) is 1.00. The van der Waals surface area contributed by atoms with E-state index in [0.717, 1.165) is 26.1 Å². The second kappa shape index (κ2) is 2.03. The number of hydrogen-bond acceptors (Lipinski definition) is 3. The molecule has 1 aliphatic carbocycles. The van der Waals surface area contributed by atoms with Crippen LogP contribution < -0.4 is 5.73 Å². The lowest BCUT2D eigenvalue weighted by Gasteiger charge is -2.42. The monoisotopic (exact) mass is 169 g/mol. The zero-order valence-electron chi connectivity index (χ0n) is 7.21. The summed E-state index contributed by atoms with van der Waals surface area (Å²) in [6, 6.07) is 0. The van der Waals surface area contributed by atoms with Crippen LogP contribution in [-0.4, -0.2) is 30.5 Å². The van der Waals surface area contributed by atoms with Gasteiger partial charge in [0.25, 0.3) is 0 Å². The molecule has 0 aromatic rings. The van der Waals surface area contributed by atoms with Crippen molar-refractivity contribution in [1.29, 1.82) is 0 Å². The van der Waals surface area contributed by atoms with Crippen LogP contribution >= 0.6 is 0 Å². The van der Waals surface area contributed by atoms with Gasteiger partial charge in [-0.2, -0.15) is 0 Å². The van der Waals surface area contributed by atoms with Gasteiger partial charge in [0, 0.05) is 6.61 Å². The van der Waals surface area contributed by atoms with Crippen molar-refractivity contribution in [3.05, 3.63) is 0 Å². The van der Waals surface area contributed by atoms with Crippen LogP contribution in [0.25, 0.3) is 0 Å². The third kappa shape index (κ3) is 0.679. The molecule has 0 radical (unpaired) electrons. The highest BCUT2D eigenvalue weighted by atomic mass is 16.6. The largest absolute Gasteiger partial charge is 0.378 e. The first-order valence-electron chi connectivity index (χ1n) is 4.81. The zero-order valence-corrected chi connectivity index (χ0v) is 7.21. The van der Waals surface area contributed by atoms with Crippen molar-refractivity contribution in [2.45, 2.75) is 42.9 Å². The molecule has 2 aliphatic heterocycles. The molecule has 0 aromatic heterocycles. The summed E-state index contributed by atoms with van der Waals surface area (Å²) in [6.07, 6.45) is 4.92. The van der Waals surface area contributed by atoms with E-state index in [9.17, 15) is 0 Å². The van der Waals surface area contributed by atoms with Crippen LogP contribution in [0.15, 0.2) is 0 Å². The van der Waals surface area contributed by atoms with E-state index in [-0.39, 0.29) is 11.1 Å². The Hall–Kier alpha value is -0.120. The third-order valence-corrected chi connectivity index (χ3v) is 3.76. The highest BCUT2D eigenvalue weighted by Crippen LogP contribution is 2.55. The molecule has 3 heteroatoms. The van der Waals surface area contributed by atoms with E-state index in [0.29, 0.717) is 6.10 Å². The molecule has 0 amide bonds. The maximum absolute atomic E-state index is 6.34. The maximum Gasteiger partial charge on any atom is 0.136 e. The van der Waals surface area contributed by atoms with Crippen LogP contribution in [0.5, 0.6) is 0 Å². The Morgan fingerprint density at radius 2 is 2.25 bits per heavy atom. The minimum Gasteiger partial charge on any atom is -0.378 e. The van der Waals surface area contributed by atoms with Crippen molar-refractivity contribution in [2.24, 2.45) is 5.73 Å². The standard InChI is InChI=1S/C9H15NO2/c10-8-3-1-2-7-9(8,12-7)6-11-5-4-8/h7H,1-6,10H2. The van der Waals surface area contributed by atoms with Gasteiger partial charge in [-0.25, -0.2) is 0 Å². The first-order valence-corrected chi connectivity index (χ1v) is 4.81. The van der Waals surface area contributed by atoms with E-state index in [1.807, 2.05) is 0 Å². The quantitative estimate of drug-likeness (QED) is 0.535. The number of nitrogens with two attached hydrogens (primary N) is 1. The predicted molar refractivity (Wildman–Crippen MR) is 43.8 cm³/mol. The molecule has 3 nitrogen and oxygen atoms in total. The average Bonchev–Trinajstić information content (AvgIpc) is 2.76. The molecule has 2 N–H and O–H groups in total. The van der Waals surface area contributed by atoms with Crippen molar-refractivity contribution in [1.82, 2.24) is 0 Å². The molecular formula is C9H15NO2. The molecule has 12 heavy (non-hydrogen) atoms.